The van der Waals surface area contributed by atoms with E-state index in [-0.39, 0.29) is 10.9 Å². The summed E-state index contributed by atoms with van der Waals surface area (Å²) < 4.78 is 14.8. The Balaban J connectivity index is 1.87. The lowest BCUT2D eigenvalue weighted by Gasteiger charge is -2.15. The Bertz CT molecular complexity index is 747. The predicted octanol–water partition coefficient (Wildman–Crippen LogP) is 1.79. The lowest BCUT2D eigenvalue weighted by Crippen LogP contribution is -2.30. The number of hydrogen-bond acceptors (Lipinski definition) is 4. The van der Waals surface area contributed by atoms with Crippen LogP contribution in [0.3, 0.4) is 0 Å². The molecule has 1 atom stereocenters. The van der Waals surface area contributed by atoms with Crippen LogP contribution in [0.4, 0.5) is 4.39 Å². The van der Waals surface area contributed by atoms with Gasteiger partial charge in [-0.25, -0.2) is 9.07 Å². The molecular weight excluding hydrogens is 321 g/mol. The van der Waals surface area contributed by atoms with E-state index in [9.17, 15) is 9.18 Å². The molecule has 0 bridgehead atoms. The zero-order chi connectivity index (χ0) is 16.6. The average molecular weight is 338 g/mol. The summed E-state index contributed by atoms with van der Waals surface area (Å²) in [5.74, 6) is -0.322. The Morgan fingerprint density at radius 2 is 2.30 bits per heavy atom. The van der Waals surface area contributed by atoms with E-state index in [0.29, 0.717) is 42.6 Å². The van der Waals surface area contributed by atoms with Crippen LogP contribution in [0.1, 0.15) is 22.6 Å². The van der Waals surface area contributed by atoms with Gasteiger partial charge < -0.3 is 10.6 Å². The van der Waals surface area contributed by atoms with Gasteiger partial charge in [0.1, 0.15) is 5.82 Å². The second-order valence-corrected chi connectivity index (χ2v) is 6.08. The normalized spacial score (nSPS) is 17.7. The van der Waals surface area contributed by atoms with Crippen molar-refractivity contribution in [2.24, 2.45) is 11.7 Å². The Morgan fingerprint density at radius 3 is 2.96 bits per heavy atom. The molecule has 1 aromatic heterocycles. The molecule has 1 fully saturated rings. The topological polar surface area (TPSA) is 77.0 Å². The Labute approximate surface area is 138 Å². The molecule has 0 radical (unpaired) electrons. The summed E-state index contributed by atoms with van der Waals surface area (Å²) in [5.41, 5.74) is 7.10. The van der Waals surface area contributed by atoms with Crippen LogP contribution in [-0.4, -0.2) is 45.4 Å². The lowest BCUT2D eigenvalue weighted by molar-refractivity contribution is 0.0781. The summed E-state index contributed by atoms with van der Waals surface area (Å²) in [6, 6.07) is 4.25. The molecule has 0 aliphatic carbocycles. The summed E-state index contributed by atoms with van der Waals surface area (Å²) in [4.78, 5) is 14.3. The molecule has 1 saturated heterocycles. The van der Waals surface area contributed by atoms with Gasteiger partial charge in [-0.2, -0.15) is 0 Å². The molecular formula is C15H17ClFN5O. The van der Waals surface area contributed by atoms with Gasteiger partial charge in [0, 0.05) is 13.1 Å². The number of likely N-dealkylation sites (tertiary alicyclic amines) is 1. The van der Waals surface area contributed by atoms with Gasteiger partial charge in [-0.3, -0.25) is 4.79 Å². The molecule has 0 spiro atoms. The third kappa shape index (κ3) is 2.94. The molecule has 0 saturated carbocycles. The fraction of sp³-hybridized carbons (Fsp3) is 0.400. The maximum absolute atomic E-state index is 13.3. The minimum Gasteiger partial charge on any atom is -0.337 e. The zero-order valence-electron chi connectivity index (χ0n) is 12.7. The standard InChI is InChI=1S/C15H17ClFN5O/c1-9-14(15(23)21-5-4-10(7-18)8-21)19-20-22(9)11-2-3-13(17)12(16)6-11/h2-3,6,10H,4-5,7-8,18H2,1H3. The van der Waals surface area contributed by atoms with E-state index in [0.717, 1.165) is 6.42 Å². The van der Waals surface area contributed by atoms with E-state index in [1.165, 1.54) is 22.9 Å². The van der Waals surface area contributed by atoms with Crippen LogP contribution in [0.5, 0.6) is 0 Å². The maximum Gasteiger partial charge on any atom is 0.276 e. The predicted molar refractivity (Wildman–Crippen MR) is 84.1 cm³/mol. The summed E-state index contributed by atoms with van der Waals surface area (Å²) in [5, 5.41) is 7.99. The molecule has 1 amide bonds. The van der Waals surface area contributed by atoms with Gasteiger partial charge in [-0.1, -0.05) is 16.8 Å². The van der Waals surface area contributed by atoms with Gasteiger partial charge in [0.2, 0.25) is 0 Å². The van der Waals surface area contributed by atoms with Gasteiger partial charge >= 0.3 is 0 Å². The third-order valence-corrected chi connectivity index (χ3v) is 4.44. The molecule has 3 rings (SSSR count). The second-order valence-electron chi connectivity index (χ2n) is 5.68. The number of carbonyl (C=O) groups excluding carboxylic acids is 1. The number of aromatic nitrogens is 3. The van der Waals surface area contributed by atoms with Gasteiger partial charge in [-0.15, -0.1) is 5.10 Å². The van der Waals surface area contributed by atoms with Gasteiger partial charge in [0.25, 0.3) is 5.91 Å². The van der Waals surface area contributed by atoms with Crippen LogP contribution in [0.2, 0.25) is 5.02 Å². The molecule has 1 aliphatic heterocycles. The minimum absolute atomic E-state index is 0.00407. The van der Waals surface area contributed by atoms with E-state index in [4.69, 9.17) is 17.3 Å². The molecule has 122 valence electrons. The molecule has 1 aromatic carbocycles. The van der Waals surface area contributed by atoms with Crippen LogP contribution < -0.4 is 5.73 Å². The summed E-state index contributed by atoms with van der Waals surface area (Å²) in [6.45, 7) is 3.64. The molecule has 2 N–H and O–H groups in total. The number of nitrogens with two attached hydrogens (primary N) is 1. The van der Waals surface area contributed by atoms with Crippen molar-refractivity contribution in [1.82, 2.24) is 19.9 Å². The van der Waals surface area contributed by atoms with E-state index < -0.39 is 5.82 Å². The van der Waals surface area contributed by atoms with E-state index in [2.05, 4.69) is 10.3 Å². The Morgan fingerprint density at radius 1 is 1.52 bits per heavy atom. The number of amides is 1. The van der Waals surface area contributed by atoms with Crippen LogP contribution in [0.25, 0.3) is 5.69 Å². The van der Waals surface area contributed by atoms with Crippen molar-refractivity contribution in [3.63, 3.8) is 0 Å². The van der Waals surface area contributed by atoms with Crippen LogP contribution >= 0.6 is 11.6 Å². The number of carbonyl (C=O) groups is 1. The van der Waals surface area contributed by atoms with E-state index >= 15 is 0 Å². The fourth-order valence-electron chi connectivity index (χ4n) is 2.75. The van der Waals surface area contributed by atoms with Crippen molar-refractivity contribution in [2.75, 3.05) is 19.6 Å². The van der Waals surface area contributed by atoms with E-state index in [1.807, 2.05) is 0 Å². The van der Waals surface area contributed by atoms with E-state index in [1.54, 1.807) is 11.8 Å². The van der Waals surface area contributed by atoms with Crippen molar-refractivity contribution >= 4 is 17.5 Å². The number of nitrogens with zero attached hydrogens (tertiary/aromatic N) is 4. The zero-order valence-corrected chi connectivity index (χ0v) is 13.4. The highest BCUT2D eigenvalue weighted by Crippen LogP contribution is 2.22. The molecule has 2 heterocycles. The van der Waals surface area contributed by atoms with Crippen LogP contribution in [-0.2, 0) is 0 Å². The van der Waals surface area contributed by atoms with Crippen molar-refractivity contribution < 1.29 is 9.18 Å². The van der Waals surface area contributed by atoms with Gasteiger partial charge in [-0.05, 0) is 44.0 Å². The first kappa shape index (κ1) is 15.9. The smallest absolute Gasteiger partial charge is 0.276 e. The lowest BCUT2D eigenvalue weighted by atomic mass is 10.1. The number of hydrogen-bond donors (Lipinski definition) is 1. The number of benzene rings is 1. The molecule has 1 unspecified atom stereocenters. The molecule has 1 aliphatic rings. The maximum atomic E-state index is 13.3. The first-order chi connectivity index (χ1) is 11.0. The fourth-order valence-corrected chi connectivity index (χ4v) is 2.92. The van der Waals surface area contributed by atoms with Crippen molar-refractivity contribution in [1.29, 1.82) is 0 Å². The van der Waals surface area contributed by atoms with Crippen LogP contribution in [0, 0.1) is 18.7 Å². The number of halogens is 2. The van der Waals surface area contributed by atoms with Crippen molar-refractivity contribution in [3.8, 4) is 5.69 Å². The molecule has 8 heteroatoms. The van der Waals surface area contributed by atoms with Crippen molar-refractivity contribution in [2.45, 2.75) is 13.3 Å². The molecule has 6 nitrogen and oxygen atoms in total. The Kier molecular flexibility index (Phi) is 4.32. The molecule has 2 aromatic rings. The quantitative estimate of drug-likeness (QED) is 0.926. The Hall–Kier alpha value is -1.99. The largest absolute Gasteiger partial charge is 0.337 e. The SMILES string of the molecule is Cc1c(C(=O)N2CCC(CN)C2)nnn1-c1ccc(F)c(Cl)c1. The first-order valence-corrected chi connectivity index (χ1v) is 7.76. The van der Waals surface area contributed by atoms with Gasteiger partial charge in [0.15, 0.2) is 5.69 Å². The first-order valence-electron chi connectivity index (χ1n) is 7.38. The summed E-state index contributed by atoms with van der Waals surface area (Å²) >= 11 is 5.80. The monoisotopic (exact) mass is 337 g/mol. The van der Waals surface area contributed by atoms with Crippen molar-refractivity contribution in [3.05, 3.63) is 40.4 Å². The highest BCUT2D eigenvalue weighted by molar-refractivity contribution is 6.30. The summed E-state index contributed by atoms with van der Waals surface area (Å²) in [7, 11) is 0. The average Bonchev–Trinajstić information content (AvgIpc) is 3.16. The minimum atomic E-state index is -0.505. The van der Waals surface area contributed by atoms with Gasteiger partial charge in [0.05, 0.1) is 16.4 Å². The third-order valence-electron chi connectivity index (χ3n) is 4.15. The molecule has 23 heavy (non-hydrogen) atoms. The highest BCUT2D eigenvalue weighted by atomic mass is 35.5. The second kappa shape index (κ2) is 6.25. The number of rotatable bonds is 3. The summed E-state index contributed by atoms with van der Waals surface area (Å²) in [6.07, 6.45) is 0.906. The highest BCUT2D eigenvalue weighted by Gasteiger charge is 2.29. The van der Waals surface area contributed by atoms with Crippen LogP contribution in [0.15, 0.2) is 18.2 Å².